The molecule has 4 saturated carbocycles. The Hall–Kier alpha value is -2.62. The van der Waals surface area contributed by atoms with E-state index in [4.69, 9.17) is 9.47 Å². The SMILES string of the molecule is C[C@@H]1C[C@@]2(C)[C@@H](CC[C@@H]3[C@H]2CC[C@]2(C)[C@@H](OC(=O)c4ccccc4)CC[C@H]32)C[C@H]1OC(=O)c1ccccc1. The Morgan fingerprint density at radius 1 is 0.737 bits per heavy atom. The van der Waals surface area contributed by atoms with E-state index < -0.39 is 0 Å². The van der Waals surface area contributed by atoms with Gasteiger partial charge in [0.2, 0.25) is 0 Å². The highest BCUT2D eigenvalue weighted by molar-refractivity contribution is 5.90. The Labute approximate surface area is 227 Å². The fraction of sp³-hybridized carbons (Fsp3) is 0.588. The second-order valence-corrected chi connectivity index (χ2v) is 13.3. The fourth-order valence-electron chi connectivity index (χ4n) is 9.44. The Balaban J connectivity index is 1.14. The molecule has 2 aromatic rings. The van der Waals surface area contributed by atoms with Crippen LogP contribution in [0.3, 0.4) is 0 Å². The summed E-state index contributed by atoms with van der Waals surface area (Å²) in [6.07, 6.45) is 9.08. The molecule has 4 aliphatic carbocycles. The first-order valence-electron chi connectivity index (χ1n) is 14.8. The largest absolute Gasteiger partial charge is 0.458 e. The lowest BCUT2D eigenvalue weighted by atomic mass is 9.44. The van der Waals surface area contributed by atoms with Gasteiger partial charge in [-0.3, -0.25) is 0 Å². The summed E-state index contributed by atoms with van der Waals surface area (Å²) in [6.45, 7) is 7.24. The smallest absolute Gasteiger partial charge is 0.338 e. The summed E-state index contributed by atoms with van der Waals surface area (Å²) in [5.41, 5.74) is 1.66. The van der Waals surface area contributed by atoms with Crippen LogP contribution in [0.2, 0.25) is 0 Å². The van der Waals surface area contributed by atoms with Crippen LogP contribution in [0.4, 0.5) is 0 Å². The molecule has 0 aliphatic heterocycles. The topological polar surface area (TPSA) is 52.6 Å². The summed E-state index contributed by atoms with van der Waals surface area (Å²) in [5, 5.41) is 0. The zero-order valence-corrected chi connectivity index (χ0v) is 23.1. The number of benzene rings is 2. The summed E-state index contributed by atoms with van der Waals surface area (Å²) in [6, 6.07) is 18.8. The number of ether oxygens (including phenoxy) is 2. The summed E-state index contributed by atoms with van der Waals surface area (Å²) in [7, 11) is 0. The summed E-state index contributed by atoms with van der Waals surface area (Å²) >= 11 is 0. The van der Waals surface area contributed by atoms with Gasteiger partial charge in [-0.1, -0.05) is 57.2 Å². The fourth-order valence-corrected chi connectivity index (χ4v) is 9.44. The van der Waals surface area contributed by atoms with Gasteiger partial charge in [0.15, 0.2) is 0 Å². The van der Waals surface area contributed by atoms with Gasteiger partial charge in [0.1, 0.15) is 12.2 Å². The number of hydrogen-bond acceptors (Lipinski definition) is 4. The van der Waals surface area contributed by atoms with Gasteiger partial charge < -0.3 is 9.47 Å². The molecule has 0 amide bonds. The maximum Gasteiger partial charge on any atom is 0.338 e. The van der Waals surface area contributed by atoms with E-state index in [0.717, 1.165) is 32.1 Å². The van der Waals surface area contributed by atoms with Crippen LogP contribution >= 0.6 is 0 Å². The Morgan fingerprint density at radius 3 is 2.00 bits per heavy atom. The molecule has 4 nitrogen and oxygen atoms in total. The van der Waals surface area contributed by atoms with Crippen LogP contribution in [-0.4, -0.2) is 24.1 Å². The second-order valence-electron chi connectivity index (χ2n) is 13.3. The van der Waals surface area contributed by atoms with Gasteiger partial charge in [-0.2, -0.15) is 0 Å². The van der Waals surface area contributed by atoms with E-state index in [1.807, 2.05) is 60.7 Å². The molecule has 0 saturated heterocycles. The number of hydrogen-bond donors (Lipinski definition) is 0. The first kappa shape index (κ1) is 25.6. The highest BCUT2D eigenvalue weighted by atomic mass is 16.5. The predicted molar refractivity (Wildman–Crippen MR) is 148 cm³/mol. The van der Waals surface area contributed by atoms with Crippen LogP contribution < -0.4 is 0 Å². The Kier molecular flexibility index (Phi) is 6.64. The quantitative estimate of drug-likeness (QED) is 0.392. The normalized spacial score (nSPS) is 39.8. The van der Waals surface area contributed by atoms with Crippen molar-refractivity contribution < 1.29 is 19.1 Å². The highest BCUT2D eigenvalue weighted by Gasteiger charge is 2.62. The van der Waals surface area contributed by atoms with E-state index in [1.54, 1.807) is 0 Å². The van der Waals surface area contributed by atoms with Gasteiger partial charge in [0.05, 0.1) is 11.1 Å². The molecule has 0 unspecified atom stereocenters. The van der Waals surface area contributed by atoms with E-state index in [0.29, 0.717) is 40.7 Å². The minimum atomic E-state index is -0.185. The molecule has 202 valence electrons. The van der Waals surface area contributed by atoms with E-state index in [1.165, 1.54) is 19.3 Å². The van der Waals surface area contributed by atoms with Crippen molar-refractivity contribution in [1.29, 1.82) is 0 Å². The van der Waals surface area contributed by atoms with Gasteiger partial charge in [0, 0.05) is 5.41 Å². The lowest BCUT2D eigenvalue weighted by Crippen LogP contribution is -2.56. The molecule has 4 aliphatic rings. The summed E-state index contributed by atoms with van der Waals surface area (Å²) in [4.78, 5) is 25.7. The van der Waals surface area contributed by atoms with Gasteiger partial charge in [-0.05, 0) is 111 Å². The standard InChI is InChI=1S/C34H42O4/c1-22-21-34(3)25(20-29(22)37-31(35)23-10-6-4-7-11-23)14-15-26-27-16-17-30(33(27,2)19-18-28(26)34)38-32(36)24-12-8-5-9-13-24/h4-13,22,25-30H,14-21H2,1-3H3/t22-,25+,26+,27-,28-,29-,30+,33+,34+/m1/s1. The molecule has 0 N–H and O–H groups in total. The van der Waals surface area contributed by atoms with Crippen LogP contribution in [0.15, 0.2) is 60.7 Å². The molecule has 0 radical (unpaired) electrons. The third kappa shape index (κ3) is 4.28. The van der Waals surface area contributed by atoms with Crippen molar-refractivity contribution in [2.45, 2.75) is 84.3 Å². The zero-order chi connectivity index (χ0) is 26.5. The molecule has 0 aromatic heterocycles. The maximum absolute atomic E-state index is 12.9. The summed E-state index contributed by atoms with van der Waals surface area (Å²) < 4.78 is 12.3. The molecule has 6 rings (SSSR count). The minimum Gasteiger partial charge on any atom is -0.458 e. The first-order valence-corrected chi connectivity index (χ1v) is 14.8. The van der Waals surface area contributed by atoms with Crippen molar-refractivity contribution in [2.75, 3.05) is 0 Å². The van der Waals surface area contributed by atoms with Crippen molar-refractivity contribution in [3.63, 3.8) is 0 Å². The van der Waals surface area contributed by atoms with Crippen LogP contribution in [0.25, 0.3) is 0 Å². The third-order valence-electron chi connectivity index (χ3n) is 11.4. The molecular formula is C34H42O4. The number of carbonyl (C=O) groups excluding carboxylic acids is 2. The van der Waals surface area contributed by atoms with Crippen LogP contribution in [0.1, 0.15) is 92.9 Å². The lowest BCUT2D eigenvalue weighted by molar-refractivity contribution is -0.147. The predicted octanol–water partition coefficient (Wildman–Crippen LogP) is 7.73. The van der Waals surface area contributed by atoms with Crippen molar-refractivity contribution in [2.24, 2.45) is 40.4 Å². The van der Waals surface area contributed by atoms with E-state index in [9.17, 15) is 9.59 Å². The Morgan fingerprint density at radius 2 is 1.34 bits per heavy atom. The number of rotatable bonds is 4. The molecule has 9 atom stereocenters. The average molecular weight is 515 g/mol. The molecule has 0 heterocycles. The van der Waals surface area contributed by atoms with Crippen molar-refractivity contribution >= 4 is 11.9 Å². The van der Waals surface area contributed by atoms with E-state index >= 15 is 0 Å². The van der Waals surface area contributed by atoms with Crippen LogP contribution in [0, 0.1) is 40.4 Å². The molecule has 38 heavy (non-hydrogen) atoms. The number of fused-ring (bicyclic) bond motifs is 5. The molecule has 4 heteroatoms. The van der Waals surface area contributed by atoms with Crippen LogP contribution in [-0.2, 0) is 9.47 Å². The summed E-state index contributed by atoms with van der Waals surface area (Å²) in [5.74, 6) is 2.63. The second kappa shape index (κ2) is 9.84. The number of carbonyl (C=O) groups is 2. The molecule has 0 bridgehead atoms. The molecule has 4 fully saturated rings. The van der Waals surface area contributed by atoms with Crippen LogP contribution in [0.5, 0.6) is 0 Å². The average Bonchev–Trinajstić information content (AvgIpc) is 3.26. The monoisotopic (exact) mass is 514 g/mol. The third-order valence-corrected chi connectivity index (χ3v) is 11.4. The van der Waals surface area contributed by atoms with E-state index in [-0.39, 0.29) is 35.0 Å². The lowest BCUT2D eigenvalue weighted by Gasteiger charge is -2.61. The zero-order valence-electron chi connectivity index (χ0n) is 23.1. The highest BCUT2D eigenvalue weighted by Crippen LogP contribution is 2.67. The molecule has 0 spiro atoms. The van der Waals surface area contributed by atoms with Gasteiger partial charge >= 0.3 is 11.9 Å². The Bertz CT molecular complexity index is 1160. The van der Waals surface area contributed by atoms with Crippen molar-refractivity contribution in [3.05, 3.63) is 71.8 Å². The van der Waals surface area contributed by atoms with E-state index in [2.05, 4.69) is 20.8 Å². The first-order chi connectivity index (χ1) is 18.3. The van der Waals surface area contributed by atoms with Gasteiger partial charge in [0.25, 0.3) is 0 Å². The van der Waals surface area contributed by atoms with Gasteiger partial charge in [-0.15, -0.1) is 0 Å². The minimum absolute atomic E-state index is 0.000512. The van der Waals surface area contributed by atoms with Crippen molar-refractivity contribution in [3.8, 4) is 0 Å². The maximum atomic E-state index is 12.9. The molecular weight excluding hydrogens is 472 g/mol. The van der Waals surface area contributed by atoms with Crippen molar-refractivity contribution in [1.82, 2.24) is 0 Å². The molecule has 2 aromatic carbocycles. The number of esters is 2. The van der Waals surface area contributed by atoms with Gasteiger partial charge in [-0.25, -0.2) is 9.59 Å².